The van der Waals surface area contributed by atoms with Gasteiger partial charge in [-0.05, 0) is 48.4 Å². The molecule has 98 valence electrons. The predicted octanol–water partition coefficient (Wildman–Crippen LogP) is 1.14. The van der Waals surface area contributed by atoms with Gasteiger partial charge in [-0.1, -0.05) is 0 Å². The van der Waals surface area contributed by atoms with Gasteiger partial charge in [0.05, 0.1) is 6.26 Å². The summed E-state index contributed by atoms with van der Waals surface area (Å²) in [7, 11) is 0. The molecule has 0 radical (unpaired) electrons. The molecule has 7 heteroatoms. The van der Waals surface area contributed by atoms with Gasteiger partial charge in [-0.15, -0.1) is 15.0 Å². The van der Waals surface area contributed by atoms with Crippen molar-refractivity contribution in [3.05, 3.63) is 18.4 Å². The summed E-state index contributed by atoms with van der Waals surface area (Å²) in [5.74, 6) is 0.965. The van der Waals surface area contributed by atoms with E-state index in [4.69, 9.17) is 4.42 Å². The Balaban J connectivity index is 1.73. The molecule has 2 fully saturated rings. The number of hydrogen-bond donors (Lipinski definition) is 1. The molecule has 0 aromatic carbocycles. The number of fused-ring (bicyclic) bond motifs is 1. The summed E-state index contributed by atoms with van der Waals surface area (Å²) in [4.78, 5) is 12.9. The zero-order valence-corrected chi connectivity index (χ0v) is 10.1. The van der Waals surface area contributed by atoms with Gasteiger partial charge >= 0.3 is 5.97 Å². The monoisotopic (exact) mass is 260 g/mol. The van der Waals surface area contributed by atoms with E-state index in [0.29, 0.717) is 36.3 Å². The number of aliphatic carboxylic acids is 1. The summed E-state index contributed by atoms with van der Waals surface area (Å²) in [6, 6.07) is 3.45. The topological polar surface area (TPSA) is 94.0 Å². The number of hydrogen-bond acceptors (Lipinski definition) is 5. The van der Waals surface area contributed by atoms with Crippen LogP contribution >= 0.6 is 0 Å². The lowest BCUT2D eigenvalue weighted by Crippen LogP contribution is -2.42. The SMILES string of the molecule is O=C(O)C1(n2nnc(-c3ccco3)n2)C[C@H]2C[C@H]2C1. The zero-order chi connectivity index (χ0) is 13.0. The second-order valence-electron chi connectivity index (χ2n) is 5.38. The summed E-state index contributed by atoms with van der Waals surface area (Å²) < 4.78 is 5.19. The average molecular weight is 260 g/mol. The van der Waals surface area contributed by atoms with Gasteiger partial charge in [0, 0.05) is 0 Å². The van der Waals surface area contributed by atoms with Gasteiger partial charge in [0.25, 0.3) is 0 Å². The Morgan fingerprint density at radius 2 is 2.26 bits per heavy atom. The number of carboxylic acid groups (broad SMARTS) is 1. The quantitative estimate of drug-likeness (QED) is 0.889. The maximum atomic E-state index is 11.6. The minimum atomic E-state index is -1.02. The molecule has 19 heavy (non-hydrogen) atoms. The number of nitrogens with zero attached hydrogens (tertiary/aromatic N) is 4. The van der Waals surface area contributed by atoms with Crippen LogP contribution in [0.3, 0.4) is 0 Å². The predicted molar refractivity (Wildman–Crippen MR) is 62.0 cm³/mol. The van der Waals surface area contributed by atoms with Crippen molar-refractivity contribution in [1.82, 2.24) is 20.2 Å². The number of carbonyl (C=O) groups is 1. The van der Waals surface area contributed by atoms with Crippen molar-refractivity contribution >= 4 is 5.97 Å². The molecule has 1 N–H and O–H groups in total. The minimum absolute atomic E-state index is 0.325. The van der Waals surface area contributed by atoms with Gasteiger partial charge in [-0.2, -0.15) is 0 Å². The van der Waals surface area contributed by atoms with E-state index in [1.807, 2.05) is 0 Å². The number of carboxylic acids is 1. The highest BCUT2D eigenvalue weighted by Gasteiger charge is 2.60. The van der Waals surface area contributed by atoms with Crippen molar-refractivity contribution in [2.45, 2.75) is 24.8 Å². The standard InChI is InChI=1S/C12H12N4O3/c17-11(18)12(5-7-4-8(7)6-12)16-14-10(13-15-16)9-2-1-3-19-9/h1-3,7-8H,4-6H2,(H,17,18)/t7-,8+,12?. The molecule has 2 saturated carbocycles. The number of tetrazole rings is 1. The molecule has 7 nitrogen and oxygen atoms in total. The Morgan fingerprint density at radius 1 is 1.47 bits per heavy atom. The van der Waals surface area contributed by atoms with Gasteiger partial charge in [-0.3, -0.25) is 0 Å². The van der Waals surface area contributed by atoms with Crippen LogP contribution in [0.2, 0.25) is 0 Å². The highest BCUT2D eigenvalue weighted by Crippen LogP contribution is 2.58. The average Bonchev–Trinajstić information content (AvgIpc) is 2.93. The molecule has 2 aliphatic carbocycles. The lowest BCUT2D eigenvalue weighted by Gasteiger charge is -2.23. The first kappa shape index (κ1) is 10.7. The van der Waals surface area contributed by atoms with Crippen LogP contribution in [0.15, 0.2) is 22.8 Å². The molecule has 0 bridgehead atoms. The van der Waals surface area contributed by atoms with Crippen LogP contribution in [-0.2, 0) is 10.3 Å². The summed E-state index contributed by atoms with van der Waals surface area (Å²) in [6.07, 6.45) is 3.85. The van der Waals surface area contributed by atoms with Gasteiger partial charge < -0.3 is 9.52 Å². The maximum absolute atomic E-state index is 11.6. The molecule has 2 aromatic rings. The highest BCUT2D eigenvalue weighted by molar-refractivity contribution is 5.77. The van der Waals surface area contributed by atoms with Crippen molar-refractivity contribution in [2.24, 2.45) is 11.8 Å². The first-order valence-corrected chi connectivity index (χ1v) is 6.27. The minimum Gasteiger partial charge on any atom is -0.479 e. The van der Waals surface area contributed by atoms with E-state index in [1.165, 1.54) is 11.1 Å². The number of rotatable bonds is 3. The van der Waals surface area contributed by atoms with E-state index in [2.05, 4.69) is 15.4 Å². The van der Waals surface area contributed by atoms with Crippen LogP contribution in [0.5, 0.6) is 0 Å². The Hall–Kier alpha value is -2.18. The summed E-state index contributed by atoms with van der Waals surface area (Å²) in [5.41, 5.74) is -1.02. The van der Waals surface area contributed by atoms with Gasteiger partial charge in [0.2, 0.25) is 5.82 Å². The molecule has 3 atom stereocenters. The fourth-order valence-electron chi connectivity index (χ4n) is 3.08. The van der Waals surface area contributed by atoms with Crippen LogP contribution in [-0.4, -0.2) is 31.3 Å². The maximum Gasteiger partial charge on any atom is 0.333 e. The number of furan rings is 1. The molecule has 0 saturated heterocycles. The summed E-state index contributed by atoms with van der Waals surface area (Å²) >= 11 is 0. The summed E-state index contributed by atoms with van der Waals surface area (Å²) in [5, 5.41) is 21.6. The van der Waals surface area contributed by atoms with Crippen LogP contribution in [0.4, 0.5) is 0 Å². The van der Waals surface area contributed by atoms with E-state index in [-0.39, 0.29) is 0 Å². The molecule has 2 heterocycles. The van der Waals surface area contributed by atoms with Crippen molar-refractivity contribution in [1.29, 1.82) is 0 Å². The molecule has 1 unspecified atom stereocenters. The van der Waals surface area contributed by atoms with Gasteiger partial charge in [0.15, 0.2) is 11.3 Å². The lowest BCUT2D eigenvalue weighted by atomic mass is 9.94. The third-order valence-corrected chi connectivity index (χ3v) is 4.20. The Labute approximate surface area is 108 Å². The second kappa shape index (κ2) is 3.43. The van der Waals surface area contributed by atoms with Crippen LogP contribution in [0.25, 0.3) is 11.6 Å². The van der Waals surface area contributed by atoms with Crippen molar-refractivity contribution in [3.8, 4) is 11.6 Å². The first-order chi connectivity index (χ1) is 9.19. The molecular weight excluding hydrogens is 248 g/mol. The van der Waals surface area contributed by atoms with E-state index >= 15 is 0 Å². The Bertz CT molecular complexity index is 623. The first-order valence-electron chi connectivity index (χ1n) is 6.27. The Kier molecular flexibility index (Phi) is 1.94. The molecule has 0 aliphatic heterocycles. The van der Waals surface area contributed by atoms with Crippen LogP contribution in [0, 0.1) is 11.8 Å². The van der Waals surface area contributed by atoms with Gasteiger partial charge in [0.1, 0.15) is 0 Å². The van der Waals surface area contributed by atoms with Crippen molar-refractivity contribution in [3.63, 3.8) is 0 Å². The number of aromatic nitrogens is 4. The van der Waals surface area contributed by atoms with E-state index in [9.17, 15) is 9.90 Å². The fourth-order valence-corrected chi connectivity index (χ4v) is 3.08. The van der Waals surface area contributed by atoms with E-state index < -0.39 is 11.5 Å². The largest absolute Gasteiger partial charge is 0.479 e. The van der Waals surface area contributed by atoms with Gasteiger partial charge in [-0.25, -0.2) is 4.79 Å². The van der Waals surface area contributed by atoms with E-state index in [1.54, 1.807) is 12.1 Å². The second-order valence-corrected chi connectivity index (χ2v) is 5.38. The molecule has 2 aromatic heterocycles. The third-order valence-electron chi connectivity index (χ3n) is 4.20. The van der Waals surface area contributed by atoms with E-state index in [0.717, 1.165) is 6.42 Å². The third kappa shape index (κ3) is 1.44. The zero-order valence-electron chi connectivity index (χ0n) is 10.1. The molecule has 0 spiro atoms. The lowest BCUT2D eigenvalue weighted by molar-refractivity contribution is -0.149. The molecular formula is C12H12N4O3. The smallest absolute Gasteiger partial charge is 0.333 e. The fraction of sp³-hybridized carbons (Fsp3) is 0.500. The molecule has 4 rings (SSSR count). The van der Waals surface area contributed by atoms with Crippen molar-refractivity contribution < 1.29 is 14.3 Å². The molecule has 2 aliphatic rings. The van der Waals surface area contributed by atoms with Crippen LogP contribution in [0.1, 0.15) is 19.3 Å². The highest BCUT2D eigenvalue weighted by atomic mass is 16.4. The molecule has 0 amide bonds. The summed E-state index contributed by atoms with van der Waals surface area (Å²) in [6.45, 7) is 0. The van der Waals surface area contributed by atoms with Crippen LogP contribution < -0.4 is 0 Å². The Morgan fingerprint density at radius 3 is 2.89 bits per heavy atom. The normalized spacial score (nSPS) is 32.2. The van der Waals surface area contributed by atoms with Crippen molar-refractivity contribution in [2.75, 3.05) is 0 Å².